The second kappa shape index (κ2) is 6.37. The van der Waals surface area contributed by atoms with E-state index in [9.17, 15) is 0 Å². The molecule has 0 bridgehead atoms. The molecule has 0 saturated carbocycles. The third-order valence-electron chi connectivity index (χ3n) is 2.58. The van der Waals surface area contributed by atoms with Gasteiger partial charge in [-0.2, -0.15) is 4.98 Å². The molecule has 0 aliphatic carbocycles. The minimum atomic E-state index is 0.572. The Kier molecular flexibility index (Phi) is 5.42. The Morgan fingerprint density at radius 1 is 1.24 bits per heavy atom. The van der Waals surface area contributed by atoms with E-state index in [0.29, 0.717) is 11.7 Å². The van der Waals surface area contributed by atoms with Crippen LogP contribution in [0.15, 0.2) is 0 Å². The number of nitrogens with two attached hydrogens (primary N) is 1. The molecule has 96 valence electrons. The monoisotopic (exact) mass is 348 g/mol. The molecule has 0 radical (unpaired) electrons. The van der Waals surface area contributed by atoms with Crippen molar-refractivity contribution in [2.75, 3.05) is 23.7 Å². The molecule has 17 heavy (non-hydrogen) atoms. The number of rotatable bonds is 5. The van der Waals surface area contributed by atoms with Crippen molar-refractivity contribution in [3.63, 3.8) is 0 Å². The van der Waals surface area contributed by atoms with Gasteiger partial charge < -0.3 is 10.6 Å². The van der Waals surface area contributed by atoms with E-state index >= 15 is 0 Å². The number of nitrogen functional groups attached to an aromatic ring is 1. The highest BCUT2D eigenvalue weighted by atomic mass is 127. The van der Waals surface area contributed by atoms with Crippen LogP contribution in [0.1, 0.15) is 33.4 Å². The van der Waals surface area contributed by atoms with Crippen molar-refractivity contribution >= 4 is 34.4 Å². The van der Waals surface area contributed by atoms with Crippen molar-refractivity contribution in [3.8, 4) is 0 Å². The number of halogens is 1. The van der Waals surface area contributed by atoms with Gasteiger partial charge in [0, 0.05) is 13.1 Å². The molecule has 1 aromatic heterocycles. The molecule has 0 aromatic carbocycles. The maximum atomic E-state index is 5.96. The lowest BCUT2D eigenvalue weighted by atomic mass is 10.1. The van der Waals surface area contributed by atoms with Gasteiger partial charge in [-0.15, -0.1) is 0 Å². The molecule has 2 N–H and O–H groups in total. The number of nitrogens with zero attached hydrogens (tertiary/aromatic N) is 3. The second-order valence-corrected chi connectivity index (χ2v) is 5.52. The number of hydrogen-bond donors (Lipinski definition) is 1. The van der Waals surface area contributed by atoms with Crippen molar-refractivity contribution in [2.24, 2.45) is 5.92 Å². The number of anilines is 2. The highest BCUT2D eigenvalue weighted by Gasteiger charge is 2.14. The average Bonchev–Trinajstić information content (AvgIpc) is 2.26. The first-order valence-electron chi connectivity index (χ1n) is 6.06. The predicted molar refractivity (Wildman–Crippen MR) is 81.3 cm³/mol. The zero-order chi connectivity index (χ0) is 13.0. The molecular weight excluding hydrogens is 327 g/mol. The summed E-state index contributed by atoms with van der Waals surface area (Å²) in [5.74, 6) is 1.92. The van der Waals surface area contributed by atoms with Crippen LogP contribution in [0.2, 0.25) is 0 Å². The van der Waals surface area contributed by atoms with E-state index in [4.69, 9.17) is 5.73 Å². The quantitative estimate of drug-likeness (QED) is 0.832. The summed E-state index contributed by atoms with van der Waals surface area (Å²) in [6, 6.07) is 0. The summed E-state index contributed by atoms with van der Waals surface area (Å²) in [7, 11) is 0. The zero-order valence-electron chi connectivity index (χ0n) is 11.0. The van der Waals surface area contributed by atoms with Crippen LogP contribution in [0.3, 0.4) is 0 Å². The third-order valence-corrected chi connectivity index (χ3v) is 3.76. The average molecular weight is 348 g/mol. The lowest BCUT2D eigenvalue weighted by molar-refractivity contribution is 0.630. The number of hydrogen-bond acceptors (Lipinski definition) is 4. The fourth-order valence-electron chi connectivity index (χ4n) is 1.67. The molecule has 0 aliphatic rings. The highest BCUT2D eigenvalue weighted by Crippen LogP contribution is 2.22. The van der Waals surface area contributed by atoms with Gasteiger partial charge in [0.1, 0.15) is 5.82 Å². The molecule has 4 nitrogen and oxygen atoms in total. The molecule has 1 heterocycles. The van der Waals surface area contributed by atoms with E-state index < -0.39 is 0 Å². The van der Waals surface area contributed by atoms with Crippen LogP contribution in [-0.4, -0.2) is 23.1 Å². The maximum Gasteiger partial charge on any atom is 0.227 e. The van der Waals surface area contributed by atoms with E-state index in [-0.39, 0.29) is 0 Å². The lowest BCUT2D eigenvalue weighted by Gasteiger charge is -2.20. The summed E-state index contributed by atoms with van der Waals surface area (Å²) < 4.78 is 0.993. The first-order chi connectivity index (χ1) is 7.99. The summed E-state index contributed by atoms with van der Waals surface area (Å²) in [6.07, 6.45) is 0.944. The van der Waals surface area contributed by atoms with Crippen molar-refractivity contribution < 1.29 is 0 Å². The van der Waals surface area contributed by atoms with E-state index in [0.717, 1.165) is 34.7 Å². The van der Waals surface area contributed by atoms with Crippen LogP contribution < -0.4 is 10.6 Å². The van der Waals surface area contributed by atoms with Crippen molar-refractivity contribution in [1.82, 2.24) is 9.97 Å². The summed E-state index contributed by atoms with van der Waals surface area (Å²) in [5, 5.41) is 0. The standard InChI is InChI=1S/C12H21IN4/c1-5-17(6-2)12-15-9(7-8(3)4)10(13)11(14)16-12/h8H,5-7H2,1-4H3,(H2,14,15,16). The van der Waals surface area contributed by atoms with E-state index in [1.54, 1.807) is 0 Å². The molecule has 5 heteroatoms. The van der Waals surface area contributed by atoms with Gasteiger partial charge >= 0.3 is 0 Å². The van der Waals surface area contributed by atoms with Crippen LogP contribution in [0.5, 0.6) is 0 Å². The minimum absolute atomic E-state index is 0.572. The Balaban J connectivity index is 3.13. The second-order valence-electron chi connectivity index (χ2n) is 4.44. The summed E-state index contributed by atoms with van der Waals surface area (Å²) >= 11 is 2.23. The molecule has 1 aromatic rings. The van der Waals surface area contributed by atoms with Crippen molar-refractivity contribution in [3.05, 3.63) is 9.26 Å². The Labute approximate surface area is 117 Å². The van der Waals surface area contributed by atoms with Gasteiger partial charge in [0.05, 0.1) is 9.26 Å². The Morgan fingerprint density at radius 3 is 2.29 bits per heavy atom. The van der Waals surface area contributed by atoms with Crippen LogP contribution >= 0.6 is 22.6 Å². The van der Waals surface area contributed by atoms with Crippen molar-refractivity contribution in [2.45, 2.75) is 34.1 Å². The summed E-state index contributed by atoms with van der Waals surface area (Å²) in [6.45, 7) is 10.4. The molecule has 0 saturated heterocycles. The van der Waals surface area contributed by atoms with E-state index in [2.05, 4.69) is 65.2 Å². The van der Waals surface area contributed by atoms with Crippen LogP contribution in [-0.2, 0) is 6.42 Å². The first-order valence-corrected chi connectivity index (χ1v) is 7.14. The highest BCUT2D eigenvalue weighted by molar-refractivity contribution is 14.1. The van der Waals surface area contributed by atoms with Gasteiger partial charge in [-0.1, -0.05) is 13.8 Å². The molecule has 0 unspecified atom stereocenters. The smallest absolute Gasteiger partial charge is 0.227 e. The van der Waals surface area contributed by atoms with Gasteiger partial charge in [-0.3, -0.25) is 0 Å². The molecular formula is C12H21IN4. The maximum absolute atomic E-state index is 5.96. The Morgan fingerprint density at radius 2 is 1.82 bits per heavy atom. The Hall–Kier alpha value is -0.590. The fourth-order valence-corrected chi connectivity index (χ4v) is 2.13. The van der Waals surface area contributed by atoms with Crippen LogP contribution in [0.25, 0.3) is 0 Å². The SMILES string of the molecule is CCN(CC)c1nc(N)c(I)c(CC(C)C)n1. The third kappa shape index (κ3) is 3.69. The van der Waals surface area contributed by atoms with Gasteiger partial charge in [0.15, 0.2) is 0 Å². The first kappa shape index (κ1) is 14.5. The van der Waals surface area contributed by atoms with Crippen LogP contribution in [0, 0.1) is 9.49 Å². The largest absolute Gasteiger partial charge is 0.383 e. The van der Waals surface area contributed by atoms with Crippen molar-refractivity contribution in [1.29, 1.82) is 0 Å². The van der Waals surface area contributed by atoms with Gasteiger partial charge in [0.25, 0.3) is 0 Å². The van der Waals surface area contributed by atoms with Gasteiger partial charge in [-0.25, -0.2) is 4.98 Å². The van der Waals surface area contributed by atoms with E-state index in [1.807, 2.05) is 0 Å². The Bertz CT molecular complexity index is 375. The van der Waals surface area contributed by atoms with E-state index in [1.165, 1.54) is 0 Å². The minimum Gasteiger partial charge on any atom is -0.383 e. The normalized spacial score (nSPS) is 10.9. The predicted octanol–water partition coefficient (Wildman–Crippen LogP) is 2.71. The topological polar surface area (TPSA) is 55.0 Å². The van der Waals surface area contributed by atoms with Crippen LogP contribution in [0.4, 0.5) is 11.8 Å². The molecule has 0 spiro atoms. The summed E-state index contributed by atoms with van der Waals surface area (Å²) in [4.78, 5) is 11.1. The molecule has 0 amide bonds. The lowest BCUT2D eigenvalue weighted by Crippen LogP contribution is -2.25. The molecule has 1 rings (SSSR count). The molecule has 0 aliphatic heterocycles. The molecule has 0 atom stereocenters. The van der Waals surface area contributed by atoms with Gasteiger partial charge in [-0.05, 0) is 48.8 Å². The number of aromatic nitrogens is 2. The zero-order valence-corrected chi connectivity index (χ0v) is 13.2. The van der Waals surface area contributed by atoms with Gasteiger partial charge in [0.2, 0.25) is 5.95 Å². The fraction of sp³-hybridized carbons (Fsp3) is 0.667. The molecule has 0 fully saturated rings. The summed E-state index contributed by atoms with van der Waals surface area (Å²) in [5.41, 5.74) is 7.02.